The van der Waals surface area contributed by atoms with Crippen LogP contribution in [0.5, 0.6) is 0 Å². The van der Waals surface area contributed by atoms with Gasteiger partial charge in [-0.05, 0) is 25.0 Å². The molecular formula is C14H16N2O2. The number of carbonyl (C=O) groups excluding carboxylic acids is 2. The lowest BCUT2D eigenvalue weighted by Gasteiger charge is -2.19. The number of para-hydroxylation sites is 2. The molecule has 18 heavy (non-hydrogen) atoms. The first-order chi connectivity index (χ1) is 8.70. The summed E-state index contributed by atoms with van der Waals surface area (Å²) in [6, 6.07) is 7.06. The smallest absolute Gasteiger partial charge is 0.237 e. The van der Waals surface area contributed by atoms with Crippen molar-refractivity contribution in [3.05, 3.63) is 24.3 Å². The van der Waals surface area contributed by atoms with Gasteiger partial charge in [0.25, 0.3) is 0 Å². The Morgan fingerprint density at radius 2 is 1.56 bits per heavy atom. The number of anilines is 2. The van der Waals surface area contributed by atoms with Crippen molar-refractivity contribution >= 4 is 23.2 Å². The van der Waals surface area contributed by atoms with Crippen molar-refractivity contribution in [3.63, 3.8) is 0 Å². The third kappa shape index (κ3) is 1.52. The number of nitrogens with two attached hydrogens (primary N) is 1. The molecule has 1 aromatic rings. The van der Waals surface area contributed by atoms with Gasteiger partial charge in [-0.2, -0.15) is 0 Å². The molecule has 1 heterocycles. The Morgan fingerprint density at radius 1 is 1.00 bits per heavy atom. The first kappa shape index (κ1) is 11.3. The highest BCUT2D eigenvalue weighted by Crippen LogP contribution is 2.41. The van der Waals surface area contributed by atoms with Gasteiger partial charge in [0.1, 0.15) is 0 Å². The highest BCUT2D eigenvalue weighted by molar-refractivity contribution is 6.23. The number of nitrogens with zero attached hydrogens (tertiary/aromatic N) is 1. The maximum atomic E-state index is 12.4. The van der Waals surface area contributed by atoms with Gasteiger partial charge < -0.3 is 5.73 Å². The van der Waals surface area contributed by atoms with Gasteiger partial charge in [0.05, 0.1) is 23.2 Å². The Hall–Kier alpha value is -1.84. The van der Waals surface area contributed by atoms with E-state index in [4.69, 9.17) is 5.73 Å². The van der Waals surface area contributed by atoms with Crippen LogP contribution in [0.4, 0.5) is 11.4 Å². The minimum Gasteiger partial charge on any atom is -0.397 e. The van der Waals surface area contributed by atoms with Crippen molar-refractivity contribution in [3.8, 4) is 0 Å². The van der Waals surface area contributed by atoms with Gasteiger partial charge in [0.2, 0.25) is 11.8 Å². The molecule has 0 bridgehead atoms. The number of hydrogen-bond acceptors (Lipinski definition) is 3. The first-order valence-corrected chi connectivity index (χ1v) is 6.42. The molecule has 1 saturated heterocycles. The fourth-order valence-corrected chi connectivity index (χ4v) is 3.09. The van der Waals surface area contributed by atoms with Crippen LogP contribution >= 0.6 is 0 Å². The van der Waals surface area contributed by atoms with Gasteiger partial charge in [-0.25, -0.2) is 4.90 Å². The minimum absolute atomic E-state index is 0.0670. The van der Waals surface area contributed by atoms with E-state index in [9.17, 15) is 9.59 Å². The van der Waals surface area contributed by atoms with Gasteiger partial charge in [-0.3, -0.25) is 9.59 Å². The highest BCUT2D eigenvalue weighted by Gasteiger charge is 2.49. The molecule has 2 amide bonds. The number of carbonyl (C=O) groups is 2. The molecule has 2 fully saturated rings. The van der Waals surface area contributed by atoms with E-state index in [1.54, 1.807) is 24.3 Å². The molecule has 2 N–H and O–H groups in total. The van der Waals surface area contributed by atoms with Gasteiger partial charge in [-0.15, -0.1) is 0 Å². The lowest BCUT2D eigenvalue weighted by atomic mass is 9.81. The number of imide groups is 1. The average Bonchev–Trinajstić information content (AvgIpc) is 2.64. The molecule has 2 unspecified atom stereocenters. The van der Waals surface area contributed by atoms with Crippen LogP contribution in [0, 0.1) is 11.8 Å². The zero-order valence-corrected chi connectivity index (χ0v) is 10.1. The molecule has 4 heteroatoms. The Labute approximate surface area is 106 Å². The van der Waals surface area contributed by atoms with Crippen LogP contribution in [-0.2, 0) is 9.59 Å². The third-order valence-corrected chi connectivity index (χ3v) is 4.02. The standard InChI is InChI=1S/C14H16N2O2/c15-11-7-3-4-8-12(11)16-13(17)9-5-1-2-6-10(9)14(16)18/h3-4,7-10H,1-2,5-6,15H2. The van der Waals surface area contributed by atoms with E-state index in [1.807, 2.05) is 0 Å². The van der Waals surface area contributed by atoms with Gasteiger partial charge in [-0.1, -0.05) is 25.0 Å². The molecule has 1 aliphatic heterocycles. The SMILES string of the molecule is Nc1ccccc1N1C(=O)C2CCCCC2C1=O. The van der Waals surface area contributed by atoms with Gasteiger partial charge >= 0.3 is 0 Å². The lowest BCUT2D eigenvalue weighted by molar-refractivity contribution is -0.122. The largest absolute Gasteiger partial charge is 0.397 e. The van der Waals surface area contributed by atoms with Crippen molar-refractivity contribution < 1.29 is 9.59 Å². The molecular weight excluding hydrogens is 228 g/mol. The van der Waals surface area contributed by atoms with Crippen LogP contribution < -0.4 is 10.6 Å². The Bertz CT molecular complexity index is 488. The topological polar surface area (TPSA) is 63.4 Å². The van der Waals surface area contributed by atoms with Crippen molar-refractivity contribution in [1.29, 1.82) is 0 Å². The molecule has 0 aromatic heterocycles. The second kappa shape index (κ2) is 4.12. The Morgan fingerprint density at radius 3 is 2.11 bits per heavy atom. The number of amides is 2. The second-order valence-corrected chi connectivity index (χ2v) is 5.07. The van der Waals surface area contributed by atoms with E-state index in [0.29, 0.717) is 11.4 Å². The predicted molar refractivity (Wildman–Crippen MR) is 68.8 cm³/mol. The second-order valence-electron chi connectivity index (χ2n) is 5.07. The fraction of sp³-hybridized carbons (Fsp3) is 0.429. The Balaban J connectivity index is 2.00. The summed E-state index contributed by atoms with van der Waals surface area (Å²) in [7, 11) is 0. The van der Waals surface area contributed by atoms with Crippen LogP contribution in [0.2, 0.25) is 0 Å². The summed E-state index contributed by atoms with van der Waals surface area (Å²) in [5.41, 5.74) is 6.90. The van der Waals surface area contributed by atoms with E-state index in [1.165, 1.54) is 4.90 Å². The normalized spacial score (nSPS) is 27.4. The van der Waals surface area contributed by atoms with E-state index in [-0.39, 0.29) is 23.7 Å². The lowest BCUT2D eigenvalue weighted by Crippen LogP contribution is -2.31. The Kier molecular flexibility index (Phi) is 2.58. The molecule has 94 valence electrons. The molecule has 1 aliphatic carbocycles. The van der Waals surface area contributed by atoms with Crippen LogP contribution in [-0.4, -0.2) is 11.8 Å². The van der Waals surface area contributed by atoms with Crippen LogP contribution in [0.3, 0.4) is 0 Å². The summed E-state index contributed by atoms with van der Waals surface area (Å²) in [6.45, 7) is 0. The van der Waals surface area contributed by atoms with Crippen molar-refractivity contribution in [2.24, 2.45) is 11.8 Å². The summed E-state index contributed by atoms with van der Waals surface area (Å²) < 4.78 is 0. The van der Waals surface area contributed by atoms with Crippen LogP contribution in [0.1, 0.15) is 25.7 Å². The maximum Gasteiger partial charge on any atom is 0.237 e. The van der Waals surface area contributed by atoms with Gasteiger partial charge in [0, 0.05) is 0 Å². The quantitative estimate of drug-likeness (QED) is 0.606. The fourth-order valence-electron chi connectivity index (χ4n) is 3.09. The van der Waals surface area contributed by atoms with Crippen molar-refractivity contribution in [2.45, 2.75) is 25.7 Å². The van der Waals surface area contributed by atoms with E-state index >= 15 is 0 Å². The summed E-state index contributed by atoms with van der Waals surface area (Å²) in [6.07, 6.45) is 3.74. The molecule has 2 atom stereocenters. The molecule has 1 saturated carbocycles. The zero-order valence-electron chi connectivity index (χ0n) is 10.1. The van der Waals surface area contributed by atoms with Crippen LogP contribution in [0.15, 0.2) is 24.3 Å². The average molecular weight is 244 g/mol. The molecule has 2 aliphatic rings. The summed E-state index contributed by atoms with van der Waals surface area (Å²) in [5.74, 6) is -0.373. The molecule has 3 rings (SSSR count). The summed E-state index contributed by atoms with van der Waals surface area (Å²) in [5, 5.41) is 0. The summed E-state index contributed by atoms with van der Waals surface area (Å²) in [4.78, 5) is 26.0. The summed E-state index contributed by atoms with van der Waals surface area (Å²) >= 11 is 0. The molecule has 1 aromatic carbocycles. The third-order valence-electron chi connectivity index (χ3n) is 4.02. The predicted octanol–water partition coefficient (Wildman–Crippen LogP) is 1.95. The van der Waals surface area contributed by atoms with Gasteiger partial charge in [0.15, 0.2) is 0 Å². The van der Waals surface area contributed by atoms with E-state index in [2.05, 4.69) is 0 Å². The molecule has 4 nitrogen and oxygen atoms in total. The van der Waals surface area contributed by atoms with E-state index in [0.717, 1.165) is 25.7 Å². The van der Waals surface area contributed by atoms with Crippen molar-refractivity contribution in [1.82, 2.24) is 0 Å². The maximum absolute atomic E-state index is 12.4. The first-order valence-electron chi connectivity index (χ1n) is 6.42. The number of nitrogen functional groups attached to an aromatic ring is 1. The zero-order chi connectivity index (χ0) is 12.7. The highest BCUT2D eigenvalue weighted by atomic mass is 16.2. The van der Waals surface area contributed by atoms with Crippen molar-refractivity contribution in [2.75, 3.05) is 10.6 Å². The van der Waals surface area contributed by atoms with Crippen LogP contribution in [0.25, 0.3) is 0 Å². The number of fused-ring (bicyclic) bond motifs is 1. The van der Waals surface area contributed by atoms with E-state index < -0.39 is 0 Å². The monoisotopic (exact) mass is 244 g/mol. The number of rotatable bonds is 1. The molecule has 0 radical (unpaired) electrons. The number of hydrogen-bond donors (Lipinski definition) is 1. The minimum atomic E-state index is -0.120. The number of benzene rings is 1. The molecule has 0 spiro atoms.